The molecule has 0 unspecified atom stereocenters. The first-order chi connectivity index (χ1) is 20.1. The van der Waals surface area contributed by atoms with Crippen LogP contribution in [0.5, 0.6) is 0 Å². The van der Waals surface area contributed by atoms with Crippen LogP contribution < -0.4 is 0 Å². The zero-order chi connectivity index (χ0) is 27.5. The fourth-order valence-electron chi connectivity index (χ4n) is 5.60. The van der Waals surface area contributed by atoms with E-state index in [1.165, 1.54) is 0 Å². The van der Waals surface area contributed by atoms with Crippen molar-refractivity contribution in [2.75, 3.05) is 0 Å². The van der Waals surface area contributed by atoms with Crippen LogP contribution in [0.4, 0.5) is 0 Å². The van der Waals surface area contributed by atoms with Crippen molar-refractivity contribution in [3.05, 3.63) is 120 Å². The van der Waals surface area contributed by atoms with Gasteiger partial charge in [0, 0.05) is 33.0 Å². The molecule has 2 heterocycles. The Bertz CT molecular complexity index is 2250. The quantitative estimate of drug-likeness (QED) is 0.241. The smallest absolute Gasteiger partial charge is 0.164 e. The molecule has 0 atom stereocenters. The number of nitrogens with zero attached hydrogens (tertiary/aromatic N) is 3. The monoisotopic (exact) mass is 527 g/mol. The molecular weight excluding hydrogens is 506 g/mol. The fraction of sp³-hybridized carbons (Fsp3) is 0. The molecule has 0 bridgehead atoms. The normalized spacial score (nSPS) is 12.9. The minimum absolute atomic E-state index is 0.213. The van der Waals surface area contributed by atoms with E-state index in [1.807, 2.05) is 103 Å². The molecule has 0 saturated heterocycles. The Balaban J connectivity index is 1.36. The SMILES string of the molecule is N=C1C=Cc2ccc3cc(-c4nc(-c5ccccc5)nc(-c5cccc6oc7ccccc7c56)n4)ccc3c2C1=N. The number of furan rings is 1. The molecule has 0 fully saturated rings. The van der Waals surface area contributed by atoms with Gasteiger partial charge in [-0.3, -0.25) is 10.8 Å². The molecule has 2 aromatic heterocycles. The highest BCUT2D eigenvalue weighted by molar-refractivity contribution is 6.53. The van der Waals surface area contributed by atoms with Crippen molar-refractivity contribution in [3.63, 3.8) is 0 Å². The Labute approximate surface area is 234 Å². The molecule has 7 aromatic rings. The summed E-state index contributed by atoms with van der Waals surface area (Å²) in [6, 6.07) is 34.0. The Morgan fingerprint density at radius 1 is 0.561 bits per heavy atom. The summed E-state index contributed by atoms with van der Waals surface area (Å²) in [4.78, 5) is 14.9. The van der Waals surface area contributed by atoms with Crippen LogP contribution in [0.25, 0.3) is 73.0 Å². The molecule has 0 aliphatic heterocycles. The zero-order valence-corrected chi connectivity index (χ0v) is 21.7. The van der Waals surface area contributed by atoms with Crippen LogP contribution >= 0.6 is 0 Å². The van der Waals surface area contributed by atoms with Crippen LogP contribution in [-0.2, 0) is 0 Å². The molecule has 2 N–H and O–H groups in total. The third-order valence-electron chi connectivity index (χ3n) is 7.57. The standard InChI is InChI=1S/C35H21N5O/c36-27-18-16-20-13-14-22-19-23(15-17-24(22)30(20)32(27)37)34-38-33(21-7-2-1-3-8-21)39-35(40-34)26-10-6-12-29-31(26)25-9-4-5-11-28(25)41-29/h1-19,36-37H. The van der Waals surface area contributed by atoms with Crippen molar-refractivity contribution < 1.29 is 4.42 Å². The highest BCUT2D eigenvalue weighted by Crippen LogP contribution is 2.37. The summed E-state index contributed by atoms with van der Waals surface area (Å²) in [5.74, 6) is 1.71. The van der Waals surface area contributed by atoms with Gasteiger partial charge < -0.3 is 4.42 Å². The Hall–Kier alpha value is -5.75. The lowest BCUT2D eigenvalue weighted by Crippen LogP contribution is -2.16. The van der Waals surface area contributed by atoms with Crippen LogP contribution in [0.15, 0.2) is 114 Å². The number of hydrogen-bond acceptors (Lipinski definition) is 6. The molecule has 1 aliphatic carbocycles. The van der Waals surface area contributed by atoms with E-state index in [-0.39, 0.29) is 11.4 Å². The zero-order valence-electron chi connectivity index (χ0n) is 21.7. The molecule has 0 saturated carbocycles. The second-order valence-corrected chi connectivity index (χ2v) is 10.0. The molecule has 0 radical (unpaired) electrons. The maximum absolute atomic E-state index is 8.52. The molecule has 6 heteroatoms. The Morgan fingerprint density at radius 3 is 2.20 bits per heavy atom. The number of para-hydroxylation sites is 1. The van der Waals surface area contributed by atoms with Gasteiger partial charge in [-0.2, -0.15) is 0 Å². The van der Waals surface area contributed by atoms with E-state index in [4.69, 9.17) is 30.2 Å². The van der Waals surface area contributed by atoms with E-state index in [1.54, 1.807) is 6.08 Å². The van der Waals surface area contributed by atoms with E-state index in [0.29, 0.717) is 17.5 Å². The topological polar surface area (TPSA) is 99.5 Å². The van der Waals surface area contributed by atoms with Crippen LogP contribution in [0.3, 0.4) is 0 Å². The third-order valence-corrected chi connectivity index (χ3v) is 7.57. The van der Waals surface area contributed by atoms with Gasteiger partial charge >= 0.3 is 0 Å². The predicted molar refractivity (Wildman–Crippen MR) is 165 cm³/mol. The van der Waals surface area contributed by atoms with Gasteiger partial charge in [0.05, 0.1) is 11.4 Å². The fourth-order valence-corrected chi connectivity index (χ4v) is 5.60. The first-order valence-corrected chi connectivity index (χ1v) is 13.3. The van der Waals surface area contributed by atoms with Crippen molar-refractivity contribution in [1.29, 1.82) is 10.8 Å². The van der Waals surface area contributed by atoms with Gasteiger partial charge in [-0.05, 0) is 40.6 Å². The summed E-state index contributed by atoms with van der Waals surface area (Å²) >= 11 is 0. The predicted octanol–water partition coefficient (Wildman–Crippen LogP) is 8.34. The van der Waals surface area contributed by atoms with Crippen LogP contribution in [0.2, 0.25) is 0 Å². The molecule has 41 heavy (non-hydrogen) atoms. The molecular formula is C35H21N5O. The van der Waals surface area contributed by atoms with E-state index >= 15 is 0 Å². The van der Waals surface area contributed by atoms with Crippen molar-refractivity contribution in [3.8, 4) is 34.2 Å². The van der Waals surface area contributed by atoms with E-state index in [2.05, 4.69) is 6.07 Å². The third kappa shape index (κ3) is 3.69. The molecule has 8 rings (SSSR count). The average Bonchev–Trinajstić information content (AvgIpc) is 3.41. The molecule has 1 aliphatic rings. The minimum atomic E-state index is 0.213. The van der Waals surface area contributed by atoms with Gasteiger partial charge in [0.15, 0.2) is 17.5 Å². The molecule has 192 valence electrons. The second kappa shape index (κ2) is 8.89. The van der Waals surface area contributed by atoms with Gasteiger partial charge in [-0.15, -0.1) is 0 Å². The lowest BCUT2D eigenvalue weighted by Gasteiger charge is -2.16. The summed E-state index contributed by atoms with van der Waals surface area (Å²) < 4.78 is 6.15. The number of aromatic nitrogens is 3. The minimum Gasteiger partial charge on any atom is -0.456 e. The summed E-state index contributed by atoms with van der Waals surface area (Å²) in [6.07, 6.45) is 3.57. The molecule has 6 nitrogen and oxygen atoms in total. The van der Waals surface area contributed by atoms with E-state index in [0.717, 1.165) is 60.5 Å². The maximum Gasteiger partial charge on any atom is 0.164 e. The van der Waals surface area contributed by atoms with Crippen LogP contribution in [0, 0.1) is 10.8 Å². The number of benzene rings is 5. The number of nitrogens with one attached hydrogen (secondary N) is 2. The molecule has 0 amide bonds. The van der Waals surface area contributed by atoms with Crippen LogP contribution in [-0.4, -0.2) is 26.4 Å². The van der Waals surface area contributed by atoms with Gasteiger partial charge in [0.2, 0.25) is 0 Å². The summed E-state index contributed by atoms with van der Waals surface area (Å²) in [5, 5.41) is 20.5. The average molecular weight is 528 g/mol. The second-order valence-electron chi connectivity index (χ2n) is 10.0. The lowest BCUT2D eigenvalue weighted by molar-refractivity contribution is 0.669. The van der Waals surface area contributed by atoms with Crippen LogP contribution in [0.1, 0.15) is 11.1 Å². The Morgan fingerprint density at radius 2 is 1.32 bits per heavy atom. The highest BCUT2D eigenvalue weighted by Gasteiger charge is 2.20. The lowest BCUT2D eigenvalue weighted by atomic mass is 9.89. The van der Waals surface area contributed by atoms with Gasteiger partial charge in [0.25, 0.3) is 0 Å². The maximum atomic E-state index is 8.52. The van der Waals surface area contributed by atoms with Gasteiger partial charge in [0.1, 0.15) is 11.2 Å². The van der Waals surface area contributed by atoms with E-state index in [9.17, 15) is 0 Å². The van der Waals surface area contributed by atoms with Crippen molar-refractivity contribution in [2.45, 2.75) is 0 Å². The van der Waals surface area contributed by atoms with Crippen molar-refractivity contribution in [1.82, 2.24) is 15.0 Å². The first-order valence-electron chi connectivity index (χ1n) is 13.3. The Kier molecular flexibility index (Phi) is 5.02. The van der Waals surface area contributed by atoms with Crippen molar-refractivity contribution in [2.24, 2.45) is 0 Å². The van der Waals surface area contributed by atoms with Crippen molar-refractivity contribution >= 4 is 50.2 Å². The van der Waals surface area contributed by atoms with Gasteiger partial charge in [-0.1, -0.05) is 91.0 Å². The van der Waals surface area contributed by atoms with E-state index < -0.39 is 0 Å². The molecule has 0 spiro atoms. The molecule has 5 aromatic carbocycles. The summed E-state index contributed by atoms with van der Waals surface area (Å²) in [7, 11) is 0. The number of rotatable bonds is 3. The number of allylic oxidation sites excluding steroid dienone is 1. The summed E-state index contributed by atoms with van der Waals surface area (Å²) in [6.45, 7) is 0. The summed E-state index contributed by atoms with van der Waals surface area (Å²) in [5.41, 5.74) is 6.39. The highest BCUT2D eigenvalue weighted by atomic mass is 16.3. The van der Waals surface area contributed by atoms with Gasteiger partial charge in [-0.25, -0.2) is 15.0 Å². The number of fused-ring (bicyclic) bond motifs is 6. The first kappa shape index (κ1) is 23.2. The number of hydrogen-bond donors (Lipinski definition) is 2. The largest absolute Gasteiger partial charge is 0.456 e.